The van der Waals surface area contributed by atoms with Crippen molar-refractivity contribution in [3.8, 4) is 17.3 Å². The van der Waals surface area contributed by atoms with Gasteiger partial charge in [0.25, 0.3) is 0 Å². The first kappa shape index (κ1) is 20.2. The molecule has 0 aliphatic heterocycles. The van der Waals surface area contributed by atoms with Crippen LogP contribution in [0.1, 0.15) is 16.3 Å². The van der Waals surface area contributed by atoms with Crippen LogP contribution in [0.25, 0.3) is 22.6 Å². The molecular weight excluding hydrogens is 440 g/mol. The molecule has 0 saturated heterocycles. The van der Waals surface area contributed by atoms with Gasteiger partial charge in [0.1, 0.15) is 32.7 Å². The van der Waals surface area contributed by atoms with Crippen molar-refractivity contribution < 1.29 is 18.3 Å². The number of allylic oxidation sites excluding steroid dienone is 1. The molecule has 13 heteroatoms. The summed E-state index contributed by atoms with van der Waals surface area (Å²) in [5.41, 5.74) is -1.84. The molecule has 0 spiro atoms. The molecule has 28 heavy (non-hydrogen) atoms. The van der Waals surface area contributed by atoms with Crippen molar-refractivity contribution in [1.29, 1.82) is 5.26 Å². The zero-order valence-electron chi connectivity index (χ0n) is 14.1. The summed E-state index contributed by atoms with van der Waals surface area (Å²) in [7, 11) is 2.81. The predicted octanol–water partition coefficient (Wildman–Crippen LogP) is 4.55. The Balaban J connectivity index is 2.16. The third-order valence-corrected chi connectivity index (χ3v) is 5.43. The molecule has 0 fully saturated rings. The average molecular weight is 449 g/mol. The van der Waals surface area contributed by atoms with E-state index >= 15 is 0 Å². The van der Waals surface area contributed by atoms with Crippen molar-refractivity contribution in [2.45, 2.75) is 6.18 Å². The summed E-state index contributed by atoms with van der Waals surface area (Å²) >= 11 is 12.9. The molecule has 0 aliphatic carbocycles. The second-order valence-corrected chi connectivity index (χ2v) is 7.06. The minimum Gasteiger partial charge on any atom is -0.506 e. The van der Waals surface area contributed by atoms with Crippen molar-refractivity contribution in [2.75, 3.05) is 0 Å². The number of nitrogens with zero attached hydrogens (tertiary/aromatic N) is 6. The number of rotatable bonds is 3. The number of alkyl halides is 3. The number of halogens is 5. The van der Waals surface area contributed by atoms with Crippen molar-refractivity contribution in [3.63, 3.8) is 0 Å². The first-order valence-electron chi connectivity index (χ1n) is 7.33. The van der Waals surface area contributed by atoms with E-state index in [0.717, 1.165) is 16.0 Å². The van der Waals surface area contributed by atoms with Crippen molar-refractivity contribution in [3.05, 3.63) is 38.1 Å². The maximum atomic E-state index is 13.3. The van der Waals surface area contributed by atoms with Crippen LogP contribution in [0.3, 0.4) is 0 Å². The summed E-state index contributed by atoms with van der Waals surface area (Å²) in [6, 6.07) is 1.68. The summed E-state index contributed by atoms with van der Waals surface area (Å²) in [5, 5.41) is 28.5. The fourth-order valence-electron chi connectivity index (χ4n) is 2.35. The van der Waals surface area contributed by atoms with Gasteiger partial charge in [-0.2, -0.15) is 28.6 Å². The Kier molecular flexibility index (Phi) is 5.14. The molecule has 0 aromatic carbocycles. The first-order valence-corrected chi connectivity index (χ1v) is 8.97. The number of thiazole rings is 1. The minimum atomic E-state index is -4.88. The highest BCUT2D eigenvalue weighted by atomic mass is 35.5. The van der Waals surface area contributed by atoms with Gasteiger partial charge in [-0.1, -0.05) is 23.2 Å². The van der Waals surface area contributed by atoms with Gasteiger partial charge >= 0.3 is 6.18 Å². The molecule has 0 radical (unpaired) electrons. The van der Waals surface area contributed by atoms with Gasteiger partial charge in [-0.15, -0.1) is 11.3 Å². The molecule has 0 unspecified atom stereocenters. The number of aryl methyl sites for hydroxylation is 2. The smallest absolute Gasteiger partial charge is 0.435 e. The number of aliphatic hydroxyl groups is 1. The quantitative estimate of drug-likeness (QED) is 0.468. The van der Waals surface area contributed by atoms with Gasteiger partial charge in [0.2, 0.25) is 0 Å². The molecule has 0 atom stereocenters. The van der Waals surface area contributed by atoms with Crippen molar-refractivity contribution in [2.24, 2.45) is 14.1 Å². The fourth-order valence-corrected chi connectivity index (χ4v) is 3.57. The third-order valence-electron chi connectivity index (χ3n) is 3.69. The van der Waals surface area contributed by atoms with E-state index in [1.165, 1.54) is 17.9 Å². The largest absolute Gasteiger partial charge is 0.506 e. The number of hydrogen-bond acceptors (Lipinski definition) is 6. The highest BCUT2D eigenvalue weighted by Gasteiger charge is 2.40. The van der Waals surface area contributed by atoms with Gasteiger partial charge in [-0.3, -0.25) is 9.36 Å². The van der Waals surface area contributed by atoms with E-state index in [2.05, 4.69) is 15.2 Å². The molecular formula is C15H9Cl2F3N6OS. The molecule has 0 saturated carbocycles. The summed E-state index contributed by atoms with van der Waals surface area (Å²) in [4.78, 5) is 4.19. The maximum Gasteiger partial charge on any atom is 0.435 e. The van der Waals surface area contributed by atoms with Crippen LogP contribution < -0.4 is 0 Å². The van der Waals surface area contributed by atoms with Gasteiger partial charge in [-0.25, -0.2) is 4.98 Å². The van der Waals surface area contributed by atoms with E-state index in [1.807, 2.05) is 0 Å². The van der Waals surface area contributed by atoms with Gasteiger partial charge < -0.3 is 5.11 Å². The summed E-state index contributed by atoms with van der Waals surface area (Å²) in [6.07, 6.45) is -3.43. The van der Waals surface area contributed by atoms with Gasteiger partial charge in [0.15, 0.2) is 5.69 Å². The zero-order valence-corrected chi connectivity index (χ0v) is 16.4. The van der Waals surface area contributed by atoms with Crippen molar-refractivity contribution in [1.82, 2.24) is 24.5 Å². The number of nitriles is 1. The zero-order chi connectivity index (χ0) is 20.8. The van der Waals surface area contributed by atoms with Crippen LogP contribution in [-0.2, 0) is 20.3 Å². The maximum absolute atomic E-state index is 13.3. The van der Waals surface area contributed by atoms with Crippen LogP contribution in [-0.4, -0.2) is 29.7 Å². The molecule has 0 bridgehead atoms. The normalized spacial score (nSPS) is 12.8. The van der Waals surface area contributed by atoms with Crippen LogP contribution in [0.2, 0.25) is 10.3 Å². The molecule has 146 valence electrons. The second kappa shape index (κ2) is 7.12. The lowest BCUT2D eigenvalue weighted by Gasteiger charge is -2.07. The molecule has 1 N–H and O–H groups in total. The number of hydrogen-bond donors (Lipinski definition) is 1. The van der Waals surface area contributed by atoms with Crippen LogP contribution in [0.4, 0.5) is 13.2 Å². The monoisotopic (exact) mass is 448 g/mol. The summed E-state index contributed by atoms with van der Waals surface area (Å²) in [6.45, 7) is 0. The first-order chi connectivity index (χ1) is 13.1. The molecule has 3 aromatic rings. The standard InChI is InChI=1S/C15H9Cl2F3N6OS/c1-25-12(16)7(4-22-25)8-5-28-14(23-8)6(3-21)10(27)9-11(15(18,19)20)24-26(2)13(9)17/h4-5,27H,1-2H3. The summed E-state index contributed by atoms with van der Waals surface area (Å²) < 4.78 is 41.9. The van der Waals surface area contributed by atoms with E-state index in [-0.39, 0.29) is 5.01 Å². The third kappa shape index (κ3) is 3.34. The van der Waals surface area contributed by atoms with Crippen LogP contribution in [0, 0.1) is 11.3 Å². The van der Waals surface area contributed by atoms with Crippen LogP contribution in [0.15, 0.2) is 11.6 Å². The number of aromatic nitrogens is 5. The van der Waals surface area contributed by atoms with Crippen LogP contribution >= 0.6 is 34.5 Å². The van der Waals surface area contributed by atoms with Crippen LogP contribution in [0.5, 0.6) is 0 Å². The molecule has 3 aromatic heterocycles. The van der Waals surface area contributed by atoms with Crippen molar-refractivity contribution >= 4 is 45.9 Å². The van der Waals surface area contributed by atoms with E-state index in [9.17, 15) is 23.5 Å². The predicted molar refractivity (Wildman–Crippen MR) is 97.6 cm³/mol. The Labute approximate surface area is 169 Å². The Hall–Kier alpha value is -2.55. The Morgan fingerprint density at radius 2 is 1.93 bits per heavy atom. The Morgan fingerprint density at radius 3 is 2.46 bits per heavy atom. The molecule has 0 amide bonds. The SMILES string of the molecule is Cn1ncc(-c2csc(C(C#N)=C(O)c3c(C(F)(F)F)nn(C)c3Cl)n2)c1Cl. The lowest BCUT2D eigenvalue weighted by molar-refractivity contribution is -0.141. The summed E-state index contributed by atoms with van der Waals surface area (Å²) in [5.74, 6) is -0.967. The van der Waals surface area contributed by atoms with Gasteiger partial charge in [0, 0.05) is 19.5 Å². The van der Waals surface area contributed by atoms with E-state index in [4.69, 9.17) is 23.2 Å². The van der Waals surface area contributed by atoms with Gasteiger partial charge in [-0.05, 0) is 0 Å². The molecule has 0 aliphatic rings. The molecule has 3 rings (SSSR count). The highest BCUT2D eigenvalue weighted by Crippen LogP contribution is 2.40. The fraction of sp³-hybridized carbons (Fsp3) is 0.200. The van der Waals surface area contributed by atoms with E-state index < -0.39 is 33.9 Å². The van der Waals surface area contributed by atoms with E-state index in [0.29, 0.717) is 16.4 Å². The second-order valence-electron chi connectivity index (χ2n) is 5.48. The topological polar surface area (TPSA) is 92.5 Å². The average Bonchev–Trinajstić information content (AvgIpc) is 3.29. The number of aliphatic hydroxyl groups excluding tert-OH is 1. The minimum absolute atomic E-state index is 0.0111. The highest BCUT2D eigenvalue weighted by molar-refractivity contribution is 7.11. The molecule has 7 nitrogen and oxygen atoms in total. The van der Waals surface area contributed by atoms with Gasteiger partial charge in [0.05, 0.1) is 23.0 Å². The molecule has 3 heterocycles. The Bertz CT molecular complexity index is 1140. The lowest BCUT2D eigenvalue weighted by atomic mass is 10.1. The van der Waals surface area contributed by atoms with E-state index in [1.54, 1.807) is 18.5 Å². The lowest BCUT2D eigenvalue weighted by Crippen LogP contribution is -2.09. The Morgan fingerprint density at radius 1 is 1.25 bits per heavy atom.